The van der Waals surface area contributed by atoms with Crippen LogP contribution in [0.3, 0.4) is 0 Å². The number of hydrogen-bond donors (Lipinski definition) is 4. The summed E-state index contributed by atoms with van der Waals surface area (Å²) in [5.41, 5.74) is 0. The molecule has 0 aromatic carbocycles. The summed E-state index contributed by atoms with van der Waals surface area (Å²) >= 11 is 0. The van der Waals surface area contributed by atoms with E-state index in [1.807, 2.05) is 0 Å². The molecule has 17 heteroatoms. The minimum atomic E-state index is -1.93. The molecule has 0 heterocycles. The Morgan fingerprint density at radius 3 is 0.281 bits per heavy atom. The fourth-order valence-electron chi connectivity index (χ4n) is 3.91. The molecule has 0 aliphatic carbocycles. The molecule has 0 radical (unpaired) electrons. The van der Waals surface area contributed by atoms with E-state index in [0.29, 0.717) is 0 Å². The largest absolute Gasteiger partial charge is 0.410 e. The Morgan fingerprint density at radius 1 is 0.193 bits per heavy atom. The summed E-state index contributed by atoms with van der Waals surface area (Å²) in [5.74, 6) is 0. The van der Waals surface area contributed by atoms with Crippen molar-refractivity contribution in [3.63, 3.8) is 0 Å². The molecular weight excluding hydrogens is 784 g/mol. The van der Waals surface area contributed by atoms with Crippen LogP contribution in [-0.4, -0.2) is 118 Å². The van der Waals surface area contributed by atoms with Crippen molar-refractivity contribution in [2.45, 2.75) is 264 Å². The van der Waals surface area contributed by atoms with Crippen molar-refractivity contribution in [3.8, 4) is 0 Å². The van der Waals surface area contributed by atoms with E-state index in [-0.39, 0.29) is 95.0 Å². The number of hydrogen-bond acceptors (Lipinski definition) is 16. The van der Waals surface area contributed by atoms with Crippen molar-refractivity contribution >= 4 is 0 Å². The maximum absolute atomic E-state index is 9.86. The van der Waals surface area contributed by atoms with Crippen molar-refractivity contribution < 1.29 is 99.0 Å². The fraction of sp³-hybridized carbons (Fsp3) is 1.00. The summed E-state index contributed by atoms with van der Waals surface area (Å²) in [7, 11) is 0. The molecule has 0 rings (SSSR count). The number of ether oxygens (including phenoxy) is 12. The van der Waals surface area contributed by atoms with Gasteiger partial charge in [-0.05, 0) is 166 Å². The van der Waals surface area contributed by atoms with E-state index in [9.17, 15) is 20.4 Å². The van der Waals surface area contributed by atoms with Gasteiger partial charge in [-0.25, -0.2) is 0 Å². The van der Waals surface area contributed by atoms with Gasteiger partial charge >= 0.3 is 24.6 Å². The molecule has 0 unspecified atom stereocenters. The second-order valence-electron chi connectivity index (χ2n) is 16.1. The van der Waals surface area contributed by atoms with Crippen LogP contribution in [0, 0.1) is 0 Å². The second kappa shape index (κ2) is 32.7. The molecule has 4 N–H and O–H groups in total. The molecule has 0 fully saturated rings. The van der Waals surface area contributed by atoms with E-state index in [1.54, 1.807) is 166 Å². The van der Waals surface area contributed by atoms with Crippen molar-refractivity contribution in [3.05, 3.63) is 0 Å². The predicted octanol–water partition coefficient (Wildman–Crippen LogP) is 7.46. The van der Waals surface area contributed by atoms with Crippen molar-refractivity contribution in [2.75, 3.05) is 0 Å². The zero-order chi connectivity index (χ0) is 45.4. The van der Waals surface area contributed by atoms with Gasteiger partial charge in [0.25, 0.3) is 0 Å². The monoisotopic (exact) mass is 873 g/mol. The maximum Gasteiger partial charge on any atom is 0.410 e. The SMILES string of the molecule is CC(C)OC(O)(OC(C)C)OC(C)C.CC(C)OC(O)(OC(C)C)OC(C)C.CC(C)OC(O)(OC(C)C)OC(C)C.CC(C)OC(O)(OC(C)C)OC(C)C.[Ti]. The molecule has 0 bridgehead atoms. The Kier molecular flexibility index (Phi) is 38.0. The minimum absolute atomic E-state index is 0. The Hall–Kier alpha value is 0.0743. The number of aliphatic hydroxyl groups is 4. The van der Waals surface area contributed by atoms with E-state index < -0.39 is 24.6 Å². The van der Waals surface area contributed by atoms with Gasteiger partial charge in [0.2, 0.25) is 0 Å². The van der Waals surface area contributed by atoms with E-state index in [2.05, 4.69) is 0 Å². The van der Waals surface area contributed by atoms with Crippen LogP contribution >= 0.6 is 0 Å². The summed E-state index contributed by atoms with van der Waals surface area (Å²) in [5, 5.41) is 39.4. The van der Waals surface area contributed by atoms with Crippen molar-refractivity contribution in [2.24, 2.45) is 0 Å². The fourth-order valence-corrected chi connectivity index (χ4v) is 3.91. The molecule has 348 valence electrons. The Bertz CT molecular complexity index is 662. The third kappa shape index (κ3) is 45.4. The quantitative estimate of drug-likeness (QED) is 0.0552. The van der Waals surface area contributed by atoms with E-state index in [1.165, 1.54) is 0 Å². The molecule has 0 amide bonds. The standard InChI is InChI=1S/4C10H22O4.Ti/c4*1-7(2)12-10(11,13-8(3)4)14-9(5)6;/h4*7-9,11H,1-6H3;. The van der Waals surface area contributed by atoms with Crippen LogP contribution in [0.25, 0.3) is 0 Å². The van der Waals surface area contributed by atoms with E-state index >= 15 is 0 Å². The molecule has 0 aliphatic heterocycles. The van der Waals surface area contributed by atoms with Crippen molar-refractivity contribution in [1.82, 2.24) is 0 Å². The van der Waals surface area contributed by atoms with Gasteiger partial charge in [0.05, 0.1) is 73.2 Å². The second-order valence-corrected chi connectivity index (χ2v) is 16.1. The smallest absolute Gasteiger partial charge is 0.319 e. The molecule has 0 saturated heterocycles. The molecule has 0 aliphatic rings. The average Bonchev–Trinajstić information content (AvgIpc) is 2.82. The van der Waals surface area contributed by atoms with Gasteiger partial charge < -0.3 is 77.3 Å². The first kappa shape index (κ1) is 66.2. The topological polar surface area (TPSA) is 192 Å². The number of rotatable bonds is 24. The molecule has 0 atom stereocenters. The molecule has 0 aromatic heterocycles. The molecule has 57 heavy (non-hydrogen) atoms. The third-order valence-electron chi connectivity index (χ3n) is 4.62. The minimum Gasteiger partial charge on any atom is -0.319 e. The zero-order valence-corrected chi connectivity index (χ0v) is 41.7. The molecule has 0 spiro atoms. The van der Waals surface area contributed by atoms with Gasteiger partial charge in [0.1, 0.15) is 0 Å². The van der Waals surface area contributed by atoms with Crippen LogP contribution in [0.5, 0.6) is 0 Å². The first-order chi connectivity index (χ1) is 25.0. The van der Waals surface area contributed by atoms with Gasteiger partial charge in [-0.3, -0.25) is 0 Å². The van der Waals surface area contributed by atoms with Gasteiger partial charge in [-0.15, -0.1) is 0 Å². The summed E-state index contributed by atoms with van der Waals surface area (Å²) in [4.78, 5) is 0. The van der Waals surface area contributed by atoms with Gasteiger partial charge in [0.15, 0.2) is 0 Å². The summed E-state index contributed by atoms with van der Waals surface area (Å²) in [6, 6.07) is 0. The summed E-state index contributed by atoms with van der Waals surface area (Å²) < 4.78 is 62.0. The van der Waals surface area contributed by atoms with Crippen molar-refractivity contribution in [1.29, 1.82) is 0 Å². The Labute approximate surface area is 362 Å². The van der Waals surface area contributed by atoms with Gasteiger partial charge in [-0.2, -0.15) is 0 Å². The molecular formula is C40H88O16Ti. The van der Waals surface area contributed by atoms with Gasteiger partial charge in [0, 0.05) is 21.7 Å². The van der Waals surface area contributed by atoms with Crippen LogP contribution in [-0.2, 0) is 78.6 Å². The third-order valence-corrected chi connectivity index (χ3v) is 4.62. The first-order valence-electron chi connectivity index (χ1n) is 20.0. The first-order valence-corrected chi connectivity index (χ1v) is 20.0. The van der Waals surface area contributed by atoms with E-state index in [4.69, 9.17) is 56.8 Å². The Morgan fingerprint density at radius 2 is 0.246 bits per heavy atom. The molecule has 0 aromatic rings. The van der Waals surface area contributed by atoms with Gasteiger partial charge in [-0.1, -0.05) is 0 Å². The maximum atomic E-state index is 9.86. The van der Waals surface area contributed by atoms with Crippen LogP contribution in [0.4, 0.5) is 0 Å². The van der Waals surface area contributed by atoms with Crippen LogP contribution in [0.15, 0.2) is 0 Å². The Balaban J connectivity index is -0.000000210. The predicted molar refractivity (Wildman–Crippen MR) is 214 cm³/mol. The van der Waals surface area contributed by atoms with E-state index in [0.717, 1.165) is 0 Å². The molecule has 16 nitrogen and oxygen atoms in total. The van der Waals surface area contributed by atoms with Crippen LogP contribution in [0.1, 0.15) is 166 Å². The average molecular weight is 873 g/mol. The normalized spacial score (nSPS) is 13.1. The molecule has 0 saturated carbocycles. The summed E-state index contributed by atoms with van der Waals surface area (Å²) in [6.07, 6.45) is -9.76. The van der Waals surface area contributed by atoms with Crippen LogP contribution < -0.4 is 0 Å². The van der Waals surface area contributed by atoms with Crippen LogP contribution in [0.2, 0.25) is 0 Å². The zero-order valence-electron chi connectivity index (χ0n) is 40.1. The summed E-state index contributed by atoms with van der Waals surface area (Å²) in [6.45, 7) is 43.3.